The lowest BCUT2D eigenvalue weighted by Crippen LogP contribution is -2.34. The number of aryl methyl sites for hydroxylation is 1. The third-order valence-corrected chi connectivity index (χ3v) is 3.77. The second-order valence-electron chi connectivity index (χ2n) is 4.94. The van der Waals surface area contributed by atoms with Crippen molar-refractivity contribution in [2.75, 3.05) is 10.6 Å². The molecule has 0 bridgehead atoms. The zero-order valence-corrected chi connectivity index (χ0v) is 10.5. The van der Waals surface area contributed by atoms with Crippen molar-refractivity contribution in [2.45, 2.75) is 52.1 Å². The van der Waals surface area contributed by atoms with Crippen LogP contribution in [-0.2, 0) is 0 Å². The molecule has 1 aliphatic heterocycles. The molecule has 0 radical (unpaired) electrons. The molecular formula is C14H22N2. The lowest BCUT2D eigenvalue weighted by molar-refractivity contribution is 0.627. The van der Waals surface area contributed by atoms with E-state index in [1.54, 1.807) is 0 Å². The summed E-state index contributed by atoms with van der Waals surface area (Å²) in [7, 11) is 0. The van der Waals surface area contributed by atoms with Gasteiger partial charge in [-0.05, 0) is 50.8 Å². The van der Waals surface area contributed by atoms with Gasteiger partial charge in [-0.2, -0.15) is 0 Å². The minimum Gasteiger partial charge on any atom is -0.399 e. The van der Waals surface area contributed by atoms with Crippen molar-refractivity contribution >= 4 is 11.4 Å². The van der Waals surface area contributed by atoms with Gasteiger partial charge in [0.05, 0.1) is 0 Å². The van der Waals surface area contributed by atoms with Crippen molar-refractivity contribution in [3.05, 3.63) is 23.8 Å². The molecule has 2 N–H and O–H groups in total. The maximum atomic E-state index is 5.90. The van der Waals surface area contributed by atoms with Gasteiger partial charge in [0.15, 0.2) is 0 Å². The second-order valence-corrected chi connectivity index (χ2v) is 4.94. The van der Waals surface area contributed by atoms with E-state index in [4.69, 9.17) is 5.73 Å². The van der Waals surface area contributed by atoms with Gasteiger partial charge in [0.2, 0.25) is 0 Å². The van der Waals surface area contributed by atoms with Crippen LogP contribution in [-0.4, -0.2) is 12.1 Å². The average Bonchev–Trinajstić information content (AvgIpc) is 2.63. The van der Waals surface area contributed by atoms with Gasteiger partial charge in [0.1, 0.15) is 0 Å². The molecule has 0 aromatic heterocycles. The molecule has 2 atom stereocenters. The molecule has 2 nitrogen and oxygen atoms in total. The molecule has 1 aromatic rings. The van der Waals surface area contributed by atoms with E-state index in [1.165, 1.54) is 30.5 Å². The van der Waals surface area contributed by atoms with Crippen LogP contribution in [0.15, 0.2) is 18.2 Å². The summed E-state index contributed by atoms with van der Waals surface area (Å²) in [5.41, 5.74) is 9.44. The van der Waals surface area contributed by atoms with E-state index in [1.807, 2.05) is 6.07 Å². The Morgan fingerprint density at radius 2 is 2.12 bits per heavy atom. The average molecular weight is 218 g/mol. The number of rotatable bonds is 2. The summed E-state index contributed by atoms with van der Waals surface area (Å²) in [6.07, 6.45) is 3.83. The molecule has 0 amide bonds. The molecule has 16 heavy (non-hydrogen) atoms. The molecule has 0 aliphatic carbocycles. The van der Waals surface area contributed by atoms with Crippen molar-refractivity contribution in [1.82, 2.24) is 0 Å². The zero-order valence-electron chi connectivity index (χ0n) is 10.5. The molecule has 1 aromatic carbocycles. The minimum atomic E-state index is 0.644. The van der Waals surface area contributed by atoms with Gasteiger partial charge >= 0.3 is 0 Å². The fourth-order valence-corrected chi connectivity index (χ4v) is 2.81. The number of nitrogen functional groups attached to an aromatic ring is 1. The van der Waals surface area contributed by atoms with Crippen LogP contribution in [0.2, 0.25) is 0 Å². The summed E-state index contributed by atoms with van der Waals surface area (Å²) >= 11 is 0. The number of anilines is 2. The summed E-state index contributed by atoms with van der Waals surface area (Å²) in [5, 5.41) is 0. The molecule has 2 unspecified atom stereocenters. The van der Waals surface area contributed by atoms with E-state index in [0.29, 0.717) is 12.1 Å². The van der Waals surface area contributed by atoms with Crippen molar-refractivity contribution in [3.8, 4) is 0 Å². The molecule has 1 heterocycles. The highest BCUT2D eigenvalue weighted by molar-refractivity contribution is 5.62. The number of hydrogen-bond acceptors (Lipinski definition) is 2. The lowest BCUT2D eigenvalue weighted by atomic mass is 10.1. The third kappa shape index (κ3) is 1.89. The highest BCUT2D eigenvalue weighted by Crippen LogP contribution is 2.34. The Hall–Kier alpha value is -1.18. The van der Waals surface area contributed by atoms with Crippen LogP contribution in [0.25, 0.3) is 0 Å². The van der Waals surface area contributed by atoms with Gasteiger partial charge in [-0.3, -0.25) is 0 Å². The largest absolute Gasteiger partial charge is 0.399 e. The van der Waals surface area contributed by atoms with Crippen molar-refractivity contribution in [3.63, 3.8) is 0 Å². The highest BCUT2D eigenvalue weighted by Gasteiger charge is 2.30. The topological polar surface area (TPSA) is 29.3 Å². The van der Waals surface area contributed by atoms with Gasteiger partial charge < -0.3 is 10.6 Å². The molecule has 1 aliphatic rings. The van der Waals surface area contributed by atoms with Gasteiger partial charge in [0.25, 0.3) is 0 Å². The summed E-state index contributed by atoms with van der Waals surface area (Å²) in [6.45, 7) is 6.77. The first-order valence-corrected chi connectivity index (χ1v) is 6.28. The van der Waals surface area contributed by atoms with Crippen LogP contribution in [0.4, 0.5) is 11.4 Å². The molecule has 2 rings (SSSR count). The molecule has 88 valence electrons. The lowest BCUT2D eigenvalue weighted by Gasteiger charge is -2.32. The van der Waals surface area contributed by atoms with Crippen LogP contribution in [0, 0.1) is 6.92 Å². The van der Waals surface area contributed by atoms with E-state index < -0.39 is 0 Å². The molecule has 1 fully saturated rings. The third-order valence-electron chi connectivity index (χ3n) is 3.77. The molecular weight excluding hydrogens is 196 g/mol. The summed E-state index contributed by atoms with van der Waals surface area (Å²) in [6, 6.07) is 7.57. The summed E-state index contributed by atoms with van der Waals surface area (Å²) in [5.74, 6) is 0. The molecule has 0 spiro atoms. The highest BCUT2D eigenvalue weighted by atomic mass is 15.2. The van der Waals surface area contributed by atoms with E-state index in [2.05, 4.69) is 37.8 Å². The van der Waals surface area contributed by atoms with Crippen LogP contribution in [0.1, 0.15) is 38.7 Å². The van der Waals surface area contributed by atoms with Crippen molar-refractivity contribution in [2.24, 2.45) is 0 Å². The van der Waals surface area contributed by atoms with Crippen molar-refractivity contribution in [1.29, 1.82) is 0 Å². The normalized spacial score (nSPS) is 25.1. The Morgan fingerprint density at radius 3 is 2.81 bits per heavy atom. The second kappa shape index (κ2) is 4.36. The number of hydrogen-bond donors (Lipinski definition) is 1. The smallest absolute Gasteiger partial charge is 0.0421 e. The maximum absolute atomic E-state index is 5.90. The quantitative estimate of drug-likeness (QED) is 0.771. The number of nitrogens with two attached hydrogens (primary N) is 1. The minimum absolute atomic E-state index is 0.644. The molecule has 2 heteroatoms. The first-order valence-electron chi connectivity index (χ1n) is 6.28. The Balaban J connectivity index is 2.37. The van der Waals surface area contributed by atoms with Crippen LogP contribution in [0.5, 0.6) is 0 Å². The Labute approximate surface area is 98.4 Å². The van der Waals surface area contributed by atoms with Crippen LogP contribution < -0.4 is 10.6 Å². The molecule has 1 saturated heterocycles. The van der Waals surface area contributed by atoms with Gasteiger partial charge in [-0.15, -0.1) is 0 Å². The Morgan fingerprint density at radius 1 is 1.38 bits per heavy atom. The predicted molar refractivity (Wildman–Crippen MR) is 70.8 cm³/mol. The van der Waals surface area contributed by atoms with E-state index >= 15 is 0 Å². The standard InChI is InChI=1S/C14H22N2/c1-4-13-8-6-11(3)16(13)14-9-12(15)7-5-10(14)2/h5,7,9,11,13H,4,6,8,15H2,1-3H3. The predicted octanol–water partition coefficient (Wildman–Crippen LogP) is 3.34. The van der Waals surface area contributed by atoms with Gasteiger partial charge in [-0.25, -0.2) is 0 Å². The first-order chi connectivity index (χ1) is 7.63. The first kappa shape index (κ1) is 11.3. The maximum Gasteiger partial charge on any atom is 0.0421 e. The molecule has 0 saturated carbocycles. The van der Waals surface area contributed by atoms with E-state index in [0.717, 1.165) is 5.69 Å². The van der Waals surface area contributed by atoms with Crippen LogP contribution >= 0.6 is 0 Å². The Bertz CT molecular complexity index is 373. The summed E-state index contributed by atoms with van der Waals surface area (Å²) < 4.78 is 0. The van der Waals surface area contributed by atoms with Crippen molar-refractivity contribution < 1.29 is 0 Å². The van der Waals surface area contributed by atoms with Gasteiger partial charge in [-0.1, -0.05) is 13.0 Å². The Kier molecular flexibility index (Phi) is 3.08. The SMILES string of the molecule is CCC1CCC(C)N1c1cc(N)ccc1C. The van der Waals surface area contributed by atoms with E-state index in [9.17, 15) is 0 Å². The number of benzene rings is 1. The fraction of sp³-hybridized carbons (Fsp3) is 0.571. The van der Waals surface area contributed by atoms with Crippen LogP contribution in [0.3, 0.4) is 0 Å². The van der Waals surface area contributed by atoms with E-state index in [-0.39, 0.29) is 0 Å². The summed E-state index contributed by atoms with van der Waals surface area (Å²) in [4.78, 5) is 2.56. The van der Waals surface area contributed by atoms with Gasteiger partial charge in [0, 0.05) is 23.5 Å². The zero-order chi connectivity index (χ0) is 11.7. The fourth-order valence-electron chi connectivity index (χ4n) is 2.81. The number of nitrogens with zero attached hydrogens (tertiary/aromatic N) is 1. The monoisotopic (exact) mass is 218 g/mol.